The lowest BCUT2D eigenvalue weighted by Crippen LogP contribution is -2.48. The van der Waals surface area contributed by atoms with Crippen LogP contribution in [0.4, 0.5) is 4.39 Å². The molecule has 3 aromatic rings. The van der Waals surface area contributed by atoms with Crippen molar-refractivity contribution in [2.75, 3.05) is 40.0 Å². The maximum absolute atomic E-state index is 13.8. The van der Waals surface area contributed by atoms with E-state index in [1.165, 1.54) is 28.0 Å². The van der Waals surface area contributed by atoms with Crippen LogP contribution in [0.15, 0.2) is 60.0 Å². The molecule has 1 aliphatic rings. The van der Waals surface area contributed by atoms with Crippen LogP contribution < -0.4 is 4.74 Å². The topological polar surface area (TPSA) is 59.1 Å². The fourth-order valence-corrected chi connectivity index (χ4v) is 5.40. The van der Waals surface area contributed by atoms with Crippen LogP contribution in [0.2, 0.25) is 0 Å². The maximum Gasteiger partial charge on any atom is 0.254 e. The number of methoxy groups -OCH3 is 1. The van der Waals surface area contributed by atoms with E-state index in [0.29, 0.717) is 32.7 Å². The zero-order chi connectivity index (χ0) is 25.5. The van der Waals surface area contributed by atoms with E-state index in [-0.39, 0.29) is 30.0 Å². The first kappa shape index (κ1) is 25.9. The minimum atomic E-state index is -0.488. The molecule has 190 valence electrons. The molecule has 4 rings (SSSR count). The van der Waals surface area contributed by atoms with Crippen LogP contribution in [-0.4, -0.2) is 61.6 Å². The van der Waals surface area contributed by atoms with Crippen molar-refractivity contribution in [3.8, 4) is 5.75 Å². The zero-order valence-corrected chi connectivity index (χ0v) is 21.4. The number of carbonyl (C=O) groups is 2. The second-order valence-corrected chi connectivity index (χ2v) is 9.81. The lowest BCUT2D eigenvalue weighted by atomic mass is 10.00. The SMILES string of the molecule is COCCCN(CC(=O)N1CCc2sccc2C1COc1ccccc1C)C(=O)c1cccc(F)c1. The van der Waals surface area contributed by atoms with Gasteiger partial charge in [-0.15, -0.1) is 11.3 Å². The summed E-state index contributed by atoms with van der Waals surface area (Å²) in [5.41, 5.74) is 2.34. The first-order valence-corrected chi connectivity index (χ1v) is 12.9. The third-order valence-electron chi connectivity index (χ3n) is 6.37. The third kappa shape index (κ3) is 6.12. The Labute approximate surface area is 215 Å². The molecule has 0 aliphatic carbocycles. The number of nitrogens with zero attached hydrogens (tertiary/aromatic N) is 2. The van der Waals surface area contributed by atoms with Gasteiger partial charge in [0.15, 0.2) is 0 Å². The fourth-order valence-electron chi connectivity index (χ4n) is 4.47. The molecule has 1 unspecified atom stereocenters. The number of aryl methyl sites for hydroxylation is 1. The lowest BCUT2D eigenvalue weighted by molar-refractivity contribution is -0.135. The predicted molar refractivity (Wildman–Crippen MR) is 138 cm³/mol. The van der Waals surface area contributed by atoms with E-state index in [2.05, 4.69) is 6.07 Å². The molecule has 0 bridgehead atoms. The number of para-hydroxylation sites is 1. The zero-order valence-electron chi connectivity index (χ0n) is 20.6. The van der Waals surface area contributed by atoms with E-state index < -0.39 is 5.82 Å². The van der Waals surface area contributed by atoms with Gasteiger partial charge in [-0.3, -0.25) is 9.59 Å². The van der Waals surface area contributed by atoms with Crippen molar-refractivity contribution in [3.63, 3.8) is 0 Å². The van der Waals surface area contributed by atoms with Crippen LogP contribution in [0.1, 0.15) is 38.8 Å². The highest BCUT2D eigenvalue weighted by atomic mass is 32.1. The standard InChI is InChI=1S/C28H31FN2O4S/c1-20-7-3-4-10-25(20)35-19-24-23-12-16-36-26(23)11-14-31(24)27(32)18-30(13-6-15-34-2)28(33)21-8-5-9-22(29)17-21/h3-5,7-10,12,16-17,24H,6,11,13-15,18-19H2,1-2H3. The normalized spacial score (nSPS) is 14.9. The van der Waals surface area contributed by atoms with Crippen LogP contribution in [-0.2, 0) is 16.0 Å². The fraction of sp³-hybridized carbons (Fsp3) is 0.357. The number of ether oxygens (including phenoxy) is 2. The smallest absolute Gasteiger partial charge is 0.254 e. The second-order valence-electron chi connectivity index (χ2n) is 8.81. The second kappa shape index (κ2) is 12.1. The summed E-state index contributed by atoms with van der Waals surface area (Å²) in [5.74, 6) is -0.236. The molecule has 0 spiro atoms. The van der Waals surface area contributed by atoms with Gasteiger partial charge in [0.1, 0.15) is 24.7 Å². The summed E-state index contributed by atoms with van der Waals surface area (Å²) in [6.07, 6.45) is 1.33. The summed E-state index contributed by atoms with van der Waals surface area (Å²) in [5, 5.41) is 2.05. The number of amides is 2. The molecule has 6 nitrogen and oxygen atoms in total. The molecule has 0 fully saturated rings. The van der Waals surface area contributed by atoms with Gasteiger partial charge in [0, 0.05) is 37.2 Å². The number of fused-ring (bicyclic) bond motifs is 1. The molecular weight excluding hydrogens is 479 g/mol. The Kier molecular flexibility index (Phi) is 8.72. The average Bonchev–Trinajstić information content (AvgIpc) is 3.36. The number of carbonyl (C=O) groups excluding carboxylic acids is 2. The molecule has 0 saturated carbocycles. The lowest BCUT2D eigenvalue weighted by Gasteiger charge is -2.37. The van der Waals surface area contributed by atoms with Gasteiger partial charge in [0.2, 0.25) is 5.91 Å². The molecule has 2 heterocycles. The highest BCUT2D eigenvalue weighted by Crippen LogP contribution is 2.34. The molecule has 0 N–H and O–H groups in total. The van der Waals surface area contributed by atoms with E-state index in [1.54, 1.807) is 24.5 Å². The summed E-state index contributed by atoms with van der Waals surface area (Å²) in [6.45, 7) is 3.55. The number of thiophene rings is 1. The molecule has 8 heteroatoms. The Balaban J connectivity index is 1.53. The first-order valence-electron chi connectivity index (χ1n) is 12.1. The first-order chi connectivity index (χ1) is 17.5. The summed E-state index contributed by atoms with van der Waals surface area (Å²) in [6, 6.07) is 15.2. The minimum Gasteiger partial charge on any atom is -0.491 e. The summed E-state index contributed by atoms with van der Waals surface area (Å²) >= 11 is 1.69. The Morgan fingerprint density at radius 2 is 2.00 bits per heavy atom. The molecule has 2 amide bonds. The molecule has 2 aromatic carbocycles. The van der Waals surface area contributed by atoms with Crippen LogP contribution in [0.25, 0.3) is 0 Å². The van der Waals surface area contributed by atoms with E-state index in [4.69, 9.17) is 9.47 Å². The van der Waals surface area contributed by atoms with Crippen molar-refractivity contribution in [3.05, 3.63) is 87.4 Å². The number of hydrogen-bond donors (Lipinski definition) is 0. The van der Waals surface area contributed by atoms with Gasteiger partial charge < -0.3 is 19.3 Å². The van der Waals surface area contributed by atoms with E-state index in [1.807, 2.05) is 41.5 Å². The Morgan fingerprint density at radius 1 is 1.17 bits per heavy atom. The summed E-state index contributed by atoms with van der Waals surface area (Å²) in [7, 11) is 1.59. The molecular formula is C28H31FN2O4S. The Morgan fingerprint density at radius 3 is 2.78 bits per heavy atom. The van der Waals surface area contributed by atoms with Crippen LogP contribution in [0.3, 0.4) is 0 Å². The Bertz CT molecular complexity index is 1200. The molecule has 1 aromatic heterocycles. The van der Waals surface area contributed by atoms with Crippen molar-refractivity contribution in [2.45, 2.75) is 25.8 Å². The number of hydrogen-bond acceptors (Lipinski definition) is 5. The van der Waals surface area contributed by atoms with Crippen molar-refractivity contribution >= 4 is 23.2 Å². The molecule has 36 heavy (non-hydrogen) atoms. The van der Waals surface area contributed by atoms with Gasteiger partial charge in [-0.2, -0.15) is 0 Å². The average molecular weight is 511 g/mol. The number of benzene rings is 2. The predicted octanol–water partition coefficient (Wildman–Crippen LogP) is 4.88. The van der Waals surface area contributed by atoms with Gasteiger partial charge >= 0.3 is 0 Å². The van der Waals surface area contributed by atoms with Crippen LogP contribution in [0, 0.1) is 12.7 Å². The van der Waals surface area contributed by atoms with E-state index >= 15 is 0 Å². The highest BCUT2D eigenvalue weighted by Gasteiger charge is 2.33. The van der Waals surface area contributed by atoms with Gasteiger partial charge in [0.25, 0.3) is 5.91 Å². The Hall–Kier alpha value is -3.23. The van der Waals surface area contributed by atoms with E-state index in [9.17, 15) is 14.0 Å². The van der Waals surface area contributed by atoms with Gasteiger partial charge in [-0.1, -0.05) is 24.3 Å². The van der Waals surface area contributed by atoms with Crippen molar-refractivity contribution < 1.29 is 23.5 Å². The van der Waals surface area contributed by atoms with Gasteiger partial charge in [-0.25, -0.2) is 4.39 Å². The van der Waals surface area contributed by atoms with Gasteiger partial charge in [0.05, 0.1) is 6.04 Å². The molecule has 1 aliphatic heterocycles. The van der Waals surface area contributed by atoms with Crippen molar-refractivity contribution in [2.24, 2.45) is 0 Å². The molecule has 1 atom stereocenters. The molecule has 0 radical (unpaired) electrons. The van der Waals surface area contributed by atoms with Gasteiger partial charge in [-0.05, 0) is 66.6 Å². The maximum atomic E-state index is 13.8. The number of halogens is 1. The van der Waals surface area contributed by atoms with Crippen LogP contribution in [0.5, 0.6) is 5.75 Å². The summed E-state index contributed by atoms with van der Waals surface area (Å²) in [4.78, 5) is 31.4. The monoisotopic (exact) mass is 510 g/mol. The largest absolute Gasteiger partial charge is 0.491 e. The summed E-state index contributed by atoms with van der Waals surface area (Å²) < 4.78 is 25.1. The minimum absolute atomic E-state index is 0.0978. The third-order valence-corrected chi connectivity index (χ3v) is 7.36. The number of rotatable bonds is 10. The van der Waals surface area contributed by atoms with E-state index in [0.717, 1.165) is 23.3 Å². The van der Waals surface area contributed by atoms with Crippen LogP contribution >= 0.6 is 11.3 Å². The van der Waals surface area contributed by atoms with Crippen molar-refractivity contribution in [1.82, 2.24) is 9.80 Å². The highest BCUT2D eigenvalue weighted by molar-refractivity contribution is 7.10. The van der Waals surface area contributed by atoms with Crippen molar-refractivity contribution in [1.29, 1.82) is 0 Å². The molecule has 0 saturated heterocycles. The quantitative estimate of drug-likeness (QED) is 0.365.